The number of ether oxygens (including phenoxy) is 2. The summed E-state index contributed by atoms with van der Waals surface area (Å²) < 4.78 is 11.9. The molecule has 1 aliphatic rings. The fourth-order valence-electron chi connectivity index (χ4n) is 3.63. The maximum Gasteiger partial charge on any atom is 0.147 e. The minimum Gasteiger partial charge on any atom is -0.493 e. The molecule has 158 valence electrons. The van der Waals surface area contributed by atoms with Crippen molar-refractivity contribution < 1.29 is 9.47 Å². The number of halogens is 2. The van der Waals surface area contributed by atoms with Crippen LogP contribution in [0.2, 0.25) is 0 Å². The summed E-state index contributed by atoms with van der Waals surface area (Å²) in [6.45, 7) is 4.94. The molecule has 1 N–H and O–H groups in total. The summed E-state index contributed by atoms with van der Waals surface area (Å²) in [5, 5.41) is 0. The van der Waals surface area contributed by atoms with Crippen molar-refractivity contribution in [3.8, 4) is 11.5 Å². The number of imidazole rings is 1. The van der Waals surface area contributed by atoms with Crippen LogP contribution in [0.15, 0.2) is 54.9 Å². The van der Waals surface area contributed by atoms with E-state index in [-0.39, 0.29) is 24.8 Å². The van der Waals surface area contributed by atoms with Gasteiger partial charge in [-0.25, -0.2) is 4.98 Å². The zero-order valence-electron chi connectivity index (χ0n) is 16.5. The van der Waals surface area contributed by atoms with E-state index < -0.39 is 0 Å². The Labute approximate surface area is 184 Å². The largest absolute Gasteiger partial charge is 0.493 e. The second-order valence-electron chi connectivity index (χ2n) is 7.17. The van der Waals surface area contributed by atoms with Crippen LogP contribution in [0.3, 0.4) is 0 Å². The van der Waals surface area contributed by atoms with Crippen LogP contribution >= 0.6 is 24.8 Å². The molecule has 3 aromatic rings. The highest BCUT2D eigenvalue weighted by atomic mass is 35.5. The molecule has 0 aliphatic carbocycles. The first-order valence-electron chi connectivity index (χ1n) is 9.83. The van der Waals surface area contributed by atoms with E-state index in [0.29, 0.717) is 5.92 Å². The van der Waals surface area contributed by atoms with Gasteiger partial charge in [-0.1, -0.05) is 24.3 Å². The number of aromatic amines is 1. The van der Waals surface area contributed by atoms with Gasteiger partial charge in [0.2, 0.25) is 0 Å². The van der Waals surface area contributed by atoms with Crippen LogP contribution in [0.4, 0.5) is 0 Å². The van der Waals surface area contributed by atoms with Gasteiger partial charge >= 0.3 is 0 Å². The van der Waals surface area contributed by atoms with E-state index in [0.717, 1.165) is 61.8 Å². The SMILES string of the molecule is Cl.Cl.c1ccc(OCC2CCN(CCCOc3cccc4[nH]cnc34)CC2)cc1. The van der Waals surface area contributed by atoms with Gasteiger partial charge in [0.25, 0.3) is 0 Å². The highest BCUT2D eigenvalue weighted by Crippen LogP contribution is 2.22. The smallest absolute Gasteiger partial charge is 0.147 e. The number of rotatable bonds is 8. The summed E-state index contributed by atoms with van der Waals surface area (Å²) in [5.41, 5.74) is 1.93. The van der Waals surface area contributed by atoms with E-state index in [9.17, 15) is 0 Å². The average molecular weight is 438 g/mol. The fraction of sp³-hybridized carbons (Fsp3) is 0.409. The van der Waals surface area contributed by atoms with Gasteiger partial charge in [0, 0.05) is 6.54 Å². The first-order chi connectivity index (χ1) is 13.4. The van der Waals surface area contributed by atoms with Crippen molar-refractivity contribution in [2.24, 2.45) is 5.92 Å². The molecule has 0 atom stereocenters. The Kier molecular flexibility index (Phi) is 9.58. The lowest BCUT2D eigenvalue weighted by Crippen LogP contribution is -2.36. The molecule has 4 rings (SSSR count). The first kappa shape index (κ1) is 23.3. The molecule has 29 heavy (non-hydrogen) atoms. The van der Waals surface area contributed by atoms with Crippen molar-refractivity contribution in [1.29, 1.82) is 0 Å². The van der Waals surface area contributed by atoms with Crippen LogP contribution in [0, 0.1) is 5.92 Å². The predicted octanol–water partition coefficient (Wildman–Crippen LogP) is 4.97. The molecule has 1 fully saturated rings. The molecule has 0 radical (unpaired) electrons. The number of likely N-dealkylation sites (tertiary alicyclic amines) is 1. The summed E-state index contributed by atoms with van der Waals surface area (Å²) in [5.74, 6) is 2.50. The van der Waals surface area contributed by atoms with Gasteiger partial charge in [0.15, 0.2) is 0 Å². The Morgan fingerprint density at radius 1 is 0.966 bits per heavy atom. The van der Waals surface area contributed by atoms with Crippen molar-refractivity contribution >= 4 is 35.8 Å². The molecule has 2 heterocycles. The lowest BCUT2D eigenvalue weighted by molar-refractivity contribution is 0.135. The molecular weight excluding hydrogens is 409 g/mol. The average Bonchev–Trinajstić information content (AvgIpc) is 3.21. The van der Waals surface area contributed by atoms with E-state index >= 15 is 0 Å². The fourth-order valence-corrected chi connectivity index (χ4v) is 3.63. The Bertz CT molecular complexity index is 836. The Balaban J connectivity index is 0.00000150. The Morgan fingerprint density at radius 2 is 1.76 bits per heavy atom. The number of nitrogens with one attached hydrogen (secondary N) is 1. The number of nitrogens with zero attached hydrogens (tertiary/aromatic N) is 2. The number of benzene rings is 2. The topological polar surface area (TPSA) is 50.4 Å². The maximum atomic E-state index is 5.95. The van der Waals surface area contributed by atoms with E-state index in [1.54, 1.807) is 6.33 Å². The molecule has 1 aliphatic heterocycles. The van der Waals surface area contributed by atoms with E-state index in [1.165, 1.54) is 12.8 Å². The molecule has 1 aromatic heterocycles. The van der Waals surface area contributed by atoms with Crippen LogP contribution in [0.1, 0.15) is 19.3 Å². The zero-order valence-corrected chi connectivity index (χ0v) is 18.1. The minimum absolute atomic E-state index is 0. The molecule has 0 unspecified atom stereocenters. The minimum atomic E-state index is 0. The lowest BCUT2D eigenvalue weighted by atomic mass is 9.98. The number of para-hydroxylation sites is 2. The molecule has 2 aromatic carbocycles. The van der Waals surface area contributed by atoms with Crippen LogP contribution in [-0.4, -0.2) is 47.7 Å². The third-order valence-corrected chi connectivity index (χ3v) is 5.23. The molecule has 0 saturated carbocycles. The highest BCUT2D eigenvalue weighted by molar-refractivity contribution is 5.85. The van der Waals surface area contributed by atoms with Crippen molar-refractivity contribution in [3.63, 3.8) is 0 Å². The van der Waals surface area contributed by atoms with Crippen LogP contribution < -0.4 is 9.47 Å². The number of hydrogen-bond donors (Lipinski definition) is 1. The van der Waals surface area contributed by atoms with Gasteiger partial charge in [-0.2, -0.15) is 0 Å². The normalized spacial score (nSPS) is 14.8. The molecule has 1 saturated heterocycles. The zero-order chi connectivity index (χ0) is 18.3. The number of H-pyrrole nitrogens is 1. The summed E-state index contributed by atoms with van der Waals surface area (Å²) in [7, 11) is 0. The van der Waals surface area contributed by atoms with Crippen LogP contribution in [0.25, 0.3) is 11.0 Å². The number of hydrogen-bond acceptors (Lipinski definition) is 4. The van der Waals surface area contributed by atoms with Crippen molar-refractivity contribution in [2.75, 3.05) is 32.8 Å². The van der Waals surface area contributed by atoms with Gasteiger partial charge in [0.05, 0.1) is 25.1 Å². The third kappa shape index (κ3) is 6.53. The summed E-state index contributed by atoms with van der Waals surface area (Å²) in [6.07, 6.45) is 5.16. The van der Waals surface area contributed by atoms with Gasteiger partial charge in [-0.15, -0.1) is 24.8 Å². The van der Waals surface area contributed by atoms with Gasteiger partial charge < -0.3 is 19.4 Å². The quantitative estimate of drug-likeness (QED) is 0.505. The summed E-state index contributed by atoms with van der Waals surface area (Å²) in [6, 6.07) is 16.1. The summed E-state index contributed by atoms with van der Waals surface area (Å²) >= 11 is 0. The van der Waals surface area contributed by atoms with E-state index in [4.69, 9.17) is 9.47 Å². The molecule has 5 nitrogen and oxygen atoms in total. The van der Waals surface area contributed by atoms with Gasteiger partial charge in [-0.3, -0.25) is 0 Å². The van der Waals surface area contributed by atoms with Crippen molar-refractivity contribution in [2.45, 2.75) is 19.3 Å². The number of fused-ring (bicyclic) bond motifs is 1. The van der Waals surface area contributed by atoms with Crippen LogP contribution in [-0.2, 0) is 0 Å². The van der Waals surface area contributed by atoms with Crippen molar-refractivity contribution in [1.82, 2.24) is 14.9 Å². The van der Waals surface area contributed by atoms with Gasteiger partial charge in [0.1, 0.15) is 17.0 Å². The number of piperidine rings is 1. The monoisotopic (exact) mass is 437 g/mol. The standard InChI is InChI=1S/C22H27N3O2.2ClH/c1-2-6-19(7-3-1)27-16-18-10-13-25(14-11-18)12-5-15-26-21-9-4-8-20-22(21)24-17-23-20;;/h1-4,6-9,17-18H,5,10-16H2,(H,23,24);2*1H. The number of aromatic nitrogens is 2. The van der Waals surface area contributed by atoms with E-state index in [2.05, 4.69) is 14.9 Å². The molecule has 0 bridgehead atoms. The molecule has 7 heteroatoms. The Hall–Kier alpha value is -1.95. The molecular formula is C22H29Cl2N3O2. The first-order valence-corrected chi connectivity index (χ1v) is 9.83. The summed E-state index contributed by atoms with van der Waals surface area (Å²) in [4.78, 5) is 9.99. The lowest BCUT2D eigenvalue weighted by Gasteiger charge is -2.31. The van der Waals surface area contributed by atoms with Crippen LogP contribution in [0.5, 0.6) is 11.5 Å². The van der Waals surface area contributed by atoms with Crippen molar-refractivity contribution in [3.05, 3.63) is 54.9 Å². The van der Waals surface area contributed by atoms with Gasteiger partial charge in [-0.05, 0) is 62.5 Å². The second-order valence-corrected chi connectivity index (χ2v) is 7.17. The third-order valence-electron chi connectivity index (χ3n) is 5.23. The predicted molar refractivity (Wildman–Crippen MR) is 122 cm³/mol. The Morgan fingerprint density at radius 3 is 2.55 bits per heavy atom. The molecule has 0 amide bonds. The molecule has 0 spiro atoms. The second kappa shape index (κ2) is 11.9. The van der Waals surface area contributed by atoms with E-state index in [1.807, 2.05) is 48.5 Å². The highest BCUT2D eigenvalue weighted by Gasteiger charge is 2.19. The maximum absolute atomic E-state index is 5.95.